The van der Waals surface area contributed by atoms with Gasteiger partial charge in [0.2, 0.25) is 15.9 Å². The number of rotatable bonds is 6. The van der Waals surface area contributed by atoms with Crippen LogP contribution < -0.4 is 9.64 Å². The molecule has 4 rings (SSSR count). The number of ether oxygens (including phenoxy) is 1. The standard InChI is InChI=1S/C26H28N2O4S/c1-19-15-20(2)26(21(3)16-19)33(30,31)27(17-22-9-5-4-6-10-22)18-25(29)28-13-14-32-24-12-8-7-11-23(24)28/h4-12,15-16H,13-14,17-18H2,1-3H3. The predicted octanol–water partition coefficient (Wildman–Crippen LogP) is 4.23. The molecule has 1 aliphatic rings. The molecular weight excluding hydrogens is 436 g/mol. The van der Waals surface area contributed by atoms with Gasteiger partial charge in [0.05, 0.1) is 23.7 Å². The zero-order valence-corrected chi connectivity index (χ0v) is 19.9. The number of carbonyl (C=O) groups excluding carboxylic acids is 1. The van der Waals surface area contributed by atoms with Gasteiger partial charge in [-0.1, -0.05) is 60.2 Å². The van der Waals surface area contributed by atoms with E-state index in [-0.39, 0.29) is 23.9 Å². The molecule has 1 heterocycles. The molecule has 3 aromatic rings. The molecular formula is C26H28N2O4S. The molecule has 33 heavy (non-hydrogen) atoms. The van der Waals surface area contributed by atoms with Crippen LogP contribution in [-0.2, 0) is 21.4 Å². The lowest BCUT2D eigenvalue weighted by molar-refractivity contribution is -0.119. The maximum Gasteiger partial charge on any atom is 0.244 e. The van der Waals surface area contributed by atoms with Crippen LogP contribution in [0.4, 0.5) is 5.69 Å². The minimum absolute atomic E-state index is 0.105. The van der Waals surface area contributed by atoms with E-state index in [2.05, 4.69) is 0 Å². The number of anilines is 1. The average molecular weight is 465 g/mol. The number of carbonyl (C=O) groups is 1. The highest BCUT2D eigenvalue weighted by molar-refractivity contribution is 7.89. The quantitative estimate of drug-likeness (QED) is 0.548. The highest BCUT2D eigenvalue weighted by atomic mass is 32.2. The monoisotopic (exact) mass is 464 g/mol. The Morgan fingerprint density at radius 2 is 1.61 bits per heavy atom. The van der Waals surface area contributed by atoms with Crippen LogP contribution in [0.25, 0.3) is 0 Å². The number of hydrogen-bond acceptors (Lipinski definition) is 4. The van der Waals surface area contributed by atoms with E-state index in [1.54, 1.807) is 18.7 Å². The van der Waals surface area contributed by atoms with E-state index in [0.717, 1.165) is 11.1 Å². The van der Waals surface area contributed by atoms with Crippen molar-refractivity contribution in [2.75, 3.05) is 24.6 Å². The van der Waals surface area contributed by atoms with Gasteiger partial charge in [-0.3, -0.25) is 4.79 Å². The van der Waals surface area contributed by atoms with Crippen LogP contribution in [0.3, 0.4) is 0 Å². The Balaban J connectivity index is 1.71. The molecule has 0 saturated carbocycles. The van der Waals surface area contributed by atoms with E-state index in [4.69, 9.17) is 4.74 Å². The number of amides is 1. The van der Waals surface area contributed by atoms with Crippen molar-refractivity contribution in [3.8, 4) is 5.75 Å². The lowest BCUT2D eigenvalue weighted by atomic mass is 10.1. The van der Waals surface area contributed by atoms with Gasteiger partial charge in [-0.15, -0.1) is 0 Å². The van der Waals surface area contributed by atoms with E-state index in [0.29, 0.717) is 35.7 Å². The molecule has 0 N–H and O–H groups in total. The summed E-state index contributed by atoms with van der Waals surface area (Å²) >= 11 is 0. The molecule has 1 amide bonds. The predicted molar refractivity (Wildman–Crippen MR) is 129 cm³/mol. The summed E-state index contributed by atoms with van der Waals surface area (Å²) in [5, 5.41) is 0. The molecule has 6 nitrogen and oxygen atoms in total. The third kappa shape index (κ3) is 4.79. The number of para-hydroxylation sites is 2. The lowest BCUT2D eigenvalue weighted by Crippen LogP contribution is -2.45. The first kappa shape index (κ1) is 23.0. The van der Waals surface area contributed by atoms with E-state index in [1.807, 2.05) is 73.7 Å². The number of fused-ring (bicyclic) bond motifs is 1. The number of sulfonamides is 1. The van der Waals surface area contributed by atoms with Crippen LogP contribution in [0, 0.1) is 20.8 Å². The number of hydrogen-bond donors (Lipinski definition) is 0. The zero-order valence-electron chi connectivity index (χ0n) is 19.1. The zero-order chi connectivity index (χ0) is 23.6. The van der Waals surface area contributed by atoms with E-state index >= 15 is 0 Å². The van der Waals surface area contributed by atoms with E-state index in [9.17, 15) is 13.2 Å². The molecule has 0 saturated heterocycles. The van der Waals surface area contributed by atoms with Gasteiger partial charge in [-0.2, -0.15) is 4.31 Å². The van der Waals surface area contributed by atoms with Gasteiger partial charge in [0.1, 0.15) is 12.4 Å². The smallest absolute Gasteiger partial charge is 0.244 e. The third-order valence-electron chi connectivity index (χ3n) is 5.75. The van der Waals surface area contributed by atoms with Crippen molar-refractivity contribution < 1.29 is 17.9 Å². The fourth-order valence-corrected chi connectivity index (χ4v) is 6.17. The Morgan fingerprint density at radius 3 is 2.30 bits per heavy atom. The van der Waals surface area contributed by atoms with Crippen LogP contribution in [-0.4, -0.2) is 38.3 Å². The van der Waals surface area contributed by atoms with E-state index < -0.39 is 10.0 Å². The van der Waals surface area contributed by atoms with Crippen molar-refractivity contribution in [3.63, 3.8) is 0 Å². The van der Waals surface area contributed by atoms with Crippen molar-refractivity contribution >= 4 is 21.6 Å². The fraction of sp³-hybridized carbons (Fsp3) is 0.269. The minimum Gasteiger partial charge on any atom is -0.490 e. The summed E-state index contributed by atoms with van der Waals surface area (Å²) in [6, 6.07) is 20.4. The maximum absolute atomic E-state index is 13.9. The maximum atomic E-state index is 13.9. The Hall–Kier alpha value is -3.16. The Bertz CT molecular complexity index is 1250. The van der Waals surface area contributed by atoms with Gasteiger partial charge < -0.3 is 9.64 Å². The van der Waals surface area contributed by atoms with Crippen molar-refractivity contribution in [1.82, 2.24) is 4.31 Å². The van der Waals surface area contributed by atoms with Crippen LogP contribution in [0.5, 0.6) is 5.75 Å². The number of aryl methyl sites for hydroxylation is 3. The van der Waals surface area contributed by atoms with Crippen molar-refractivity contribution in [2.24, 2.45) is 0 Å². The summed E-state index contributed by atoms with van der Waals surface area (Å²) in [5.41, 5.74) is 3.83. The molecule has 0 aromatic heterocycles. The minimum atomic E-state index is -3.93. The van der Waals surface area contributed by atoms with Crippen molar-refractivity contribution in [1.29, 1.82) is 0 Å². The Labute approximate surface area is 195 Å². The lowest BCUT2D eigenvalue weighted by Gasteiger charge is -2.32. The summed E-state index contributed by atoms with van der Waals surface area (Å²) < 4.78 is 34.7. The first-order chi connectivity index (χ1) is 15.8. The molecule has 0 unspecified atom stereocenters. The molecule has 3 aromatic carbocycles. The summed E-state index contributed by atoms with van der Waals surface area (Å²) in [6.45, 7) is 6.12. The average Bonchev–Trinajstić information content (AvgIpc) is 2.78. The molecule has 0 spiro atoms. The SMILES string of the molecule is Cc1cc(C)c(S(=O)(=O)N(CC(=O)N2CCOc3ccccc32)Cc2ccccc2)c(C)c1. The molecule has 0 fully saturated rings. The third-order valence-corrected chi connectivity index (χ3v) is 7.84. The summed E-state index contributed by atoms with van der Waals surface area (Å²) in [7, 11) is -3.93. The highest BCUT2D eigenvalue weighted by Crippen LogP contribution is 2.32. The van der Waals surface area contributed by atoms with Crippen LogP contribution >= 0.6 is 0 Å². The molecule has 172 valence electrons. The highest BCUT2D eigenvalue weighted by Gasteiger charge is 2.32. The van der Waals surface area contributed by atoms with Gasteiger partial charge in [0.25, 0.3) is 0 Å². The summed E-state index contributed by atoms with van der Waals surface area (Å²) in [4.78, 5) is 15.3. The molecule has 0 radical (unpaired) electrons. The second-order valence-electron chi connectivity index (χ2n) is 8.35. The Morgan fingerprint density at radius 1 is 0.970 bits per heavy atom. The van der Waals surface area contributed by atoms with Crippen molar-refractivity contribution in [3.05, 3.63) is 89.0 Å². The largest absolute Gasteiger partial charge is 0.490 e. The first-order valence-corrected chi connectivity index (χ1v) is 12.4. The van der Waals surface area contributed by atoms with Crippen LogP contribution in [0.1, 0.15) is 22.3 Å². The molecule has 0 bridgehead atoms. The second kappa shape index (κ2) is 9.37. The van der Waals surface area contributed by atoms with Gasteiger partial charge in [0.15, 0.2) is 0 Å². The van der Waals surface area contributed by atoms with E-state index in [1.165, 1.54) is 4.31 Å². The summed E-state index contributed by atoms with van der Waals surface area (Å²) in [6.07, 6.45) is 0. The molecule has 0 atom stereocenters. The van der Waals surface area contributed by atoms with Gasteiger partial charge in [-0.05, 0) is 49.6 Å². The summed E-state index contributed by atoms with van der Waals surface area (Å²) in [5.74, 6) is 0.340. The molecule has 1 aliphatic heterocycles. The second-order valence-corrected chi connectivity index (χ2v) is 10.2. The fourth-order valence-electron chi connectivity index (χ4n) is 4.38. The van der Waals surface area contributed by atoms with Gasteiger partial charge in [0, 0.05) is 6.54 Å². The molecule has 0 aliphatic carbocycles. The topological polar surface area (TPSA) is 66.9 Å². The van der Waals surface area contributed by atoms with Crippen LogP contribution in [0.2, 0.25) is 0 Å². The van der Waals surface area contributed by atoms with Crippen LogP contribution in [0.15, 0.2) is 71.6 Å². The first-order valence-electron chi connectivity index (χ1n) is 10.9. The number of benzene rings is 3. The van der Waals surface area contributed by atoms with Crippen molar-refractivity contribution in [2.45, 2.75) is 32.2 Å². The Kier molecular flexibility index (Phi) is 6.54. The molecule has 7 heteroatoms. The number of nitrogens with zero attached hydrogens (tertiary/aromatic N) is 2. The normalized spacial score (nSPS) is 13.5. The van der Waals surface area contributed by atoms with Gasteiger partial charge in [-0.25, -0.2) is 8.42 Å². The van der Waals surface area contributed by atoms with Gasteiger partial charge >= 0.3 is 0 Å².